The Morgan fingerprint density at radius 3 is 2.70 bits per heavy atom. The molecule has 0 bridgehead atoms. The monoisotopic (exact) mass is 274 g/mol. The van der Waals surface area contributed by atoms with Crippen LogP contribution in [0.5, 0.6) is 0 Å². The summed E-state index contributed by atoms with van der Waals surface area (Å²) in [5.41, 5.74) is 1.06. The van der Waals surface area contributed by atoms with Gasteiger partial charge in [-0.25, -0.2) is 4.98 Å². The molecule has 1 fully saturated rings. The Labute approximate surface area is 122 Å². The lowest BCUT2D eigenvalue weighted by atomic mass is 10.1. The molecule has 1 N–H and O–H groups in total. The first kappa shape index (κ1) is 15.0. The molecule has 1 saturated heterocycles. The van der Waals surface area contributed by atoms with Gasteiger partial charge in [0.25, 0.3) is 0 Å². The largest absolute Gasteiger partial charge is 0.370 e. The van der Waals surface area contributed by atoms with Gasteiger partial charge in [-0.2, -0.15) is 0 Å². The van der Waals surface area contributed by atoms with E-state index in [4.69, 9.17) is 0 Å². The Morgan fingerprint density at radius 1 is 1.35 bits per heavy atom. The van der Waals surface area contributed by atoms with Crippen molar-refractivity contribution < 1.29 is 0 Å². The van der Waals surface area contributed by atoms with Crippen LogP contribution in [0.15, 0.2) is 24.9 Å². The fraction of sp³-hybridized carbons (Fsp3) is 0.562. The van der Waals surface area contributed by atoms with Crippen LogP contribution in [0.25, 0.3) is 6.08 Å². The zero-order valence-electron chi connectivity index (χ0n) is 12.7. The van der Waals surface area contributed by atoms with Gasteiger partial charge in [-0.05, 0) is 38.1 Å². The molecule has 1 aliphatic heterocycles. The number of rotatable bonds is 6. The Kier molecular flexibility index (Phi) is 5.56. The minimum Gasteiger partial charge on any atom is -0.370 e. The highest BCUT2D eigenvalue weighted by molar-refractivity contribution is 5.48. The summed E-state index contributed by atoms with van der Waals surface area (Å²) in [4.78, 5) is 9.34. The van der Waals surface area contributed by atoms with Crippen LogP contribution in [-0.4, -0.2) is 60.6 Å². The van der Waals surface area contributed by atoms with Gasteiger partial charge < -0.3 is 10.2 Å². The number of nitrogens with one attached hydrogen (secondary N) is 1. The van der Waals surface area contributed by atoms with E-state index in [-0.39, 0.29) is 0 Å². The molecular weight excluding hydrogens is 248 g/mol. The number of hydrogen-bond donors (Lipinski definition) is 1. The van der Waals surface area contributed by atoms with Crippen molar-refractivity contribution in [1.82, 2.24) is 14.8 Å². The number of nitrogens with zero attached hydrogens (tertiary/aromatic N) is 3. The normalized spacial score (nSPS) is 18.7. The Balaban J connectivity index is 1.70. The highest BCUT2D eigenvalue weighted by Gasteiger charge is 2.18. The van der Waals surface area contributed by atoms with E-state index in [0.29, 0.717) is 6.04 Å². The third kappa shape index (κ3) is 4.32. The van der Waals surface area contributed by atoms with Crippen LogP contribution in [0.2, 0.25) is 0 Å². The van der Waals surface area contributed by atoms with Gasteiger partial charge in [0, 0.05) is 45.0 Å². The molecule has 0 spiro atoms. The molecule has 20 heavy (non-hydrogen) atoms. The first-order valence-corrected chi connectivity index (χ1v) is 7.44. The average molecular weight is 274 g/mol. The van der Waals surface area contributed by atoms with E-state index < -0.39 is 0 Å². The van der Waals surface area contributed by atoms with Crippen LogP contribution in [0, 0.1) is 0 Å². The number of piperazine rings is 1. The highest BCUT2D eigenvalue weighted by atomic mass is 15.3. The lowest BCUT2D eigenvalue weighted by molar-refractivity contribution is 0.116. The Morgan fingerprint density at radius 2 is 2.10 bits per heavy atom. The van der Waals surface area contributed by atoms with E-state index >= 15 is 0 Å². The summed E-state index contributed by atoms with van der Waals surface area (Å²) in [5.74, 6) is 0.946. The first-order chi connectivity index (χ1) is 9.69. The molecule has 2 heterocycles. The van der Waals surface area contributed by atoms with Crippen molar-refractivity contribution in [2.75, 3.05) is 45.1 Å². The summed E-state index contributed by atoms with van der Waals surface area (Å²) in [6, 6.07) is 4.67. The van der Waals surface area contributed by atoms with E-state index in [9.17, 15) is 0 Å². The predicted octanol–water partition coefficient (Wildman–Crippen LogP) is 2.16. The summed E-state index contributed by atoms with van der Waals surface area (Å²) in [7, 11) is 2.20. The molecule has 1 aliphatic rings. The molecule has 0 aliphatic carbocycles. The van der Waals surface area contributed by atoms with Crippen molar-refractivity contribution in [3.05, 3.63) is 30.5 Å². The second-order valence-corrected chi connectivity index (χ2v) is 5.58. The smallest absolute Gasteiger partial charge is 0.125 e. The zero-order chi connectivity index (χ0) is 14.4. The van der Waals surface area contributed by atoms with E-state index in [1.165, 1.54) is 26.2 Å². The standard InChI is InChI=1S/C16H26N4/c1-4-15-5-6-16(18-13-15)17-8-7-14(2)20-11-9-19(3)10-12-20/h4-6,13-14H,1,7-12H2,2-3H3,(H,17,18). The van der Waals surface area contributed by atoms with Crippen LogP contribution in [0.4, 0.5) is 5.82 Å². The summed E-state index contributed by atoms with van der Waals surface area (Å²) in [5, 5.41) is 3.39. The summed E-state index contributed by atoms with van der Waals surface area (Å²) >= 11 is 0. The van der Waals surface area contributed by atoms with Gasteiger partial charge >= 0.3 is 0 Å². The van der Waals surface area contributed by atoms with Crippen molar-refractivity contribution in [1.29, 1.82) is 0 Å². The molecule has 1 aromatic rings. The summed E-state index contributed by atoms with van der Waals surface area (Å²) < 4.78 is 0. The predicted molar refractivity (Wildman–Crippen MR) is 86.0 cm³/mol. The zero-order valence-corrected chi connectivity index (χ0v) is 12.7. The molecule has 0 saturated carbocycles. The Bertz CT molecular complexity index is 407. The SMILES string of the molecule is C=Cc1ccc(NCCC(C)N2CCN(C)CC2)nc1. The second kappa shape index (κ2) is 7.41. The molecule has 0 aromatic carbocycles. The average Bonchev–Trinajstić information content (AvgIpc) is 2.48. The highest BCUT2D eigenvalue weighted by Crippen LogP contribution is 2.10. The molecule has 4 heteroatoms. The Hall–Kier alpha value is -1.39. The first-order valence-electron chi connectivity index (χ1n) is 7.44. The molecule has 0 radical (unpaired) electrons. The number of likely N-dealkylation sites (N-methyl/N-ethyl adjacent to an activating group) is 1. The molecule has 1 aromatic heterocycles. The van der Waals surface area contributed by atoms with Crippen LogP contribution >= 0.6 is 0 Å². The number of anilines is 1. The maximum Gasteiger partial charge on any atom is 0.125 e. The van der Waals surface area contributed by atoms with Crippen LogP contribution < -0.4 is 5.32 Å². The fourth-order valence-corrected chi connectivity index (χ4v) is 2.49. The number of pyridine rings is 1. The van der Waals surface area contributed by atoms with Gasteiger partial charge in [0.1, 0.15) is 5.82 Å². The van der Waals surface area contributed by atoms with Gasteiger partial charge in [0.15, 0.2) is 0 Å². The van der Waals surface area contributed by atoms with Gasteiger partial charge in [0.2, 0.25) is 0 Å². The minimum atomic E-state index is 0.628. The fourth-order valence-electron chi connectivity index (χ4n) is 2.49. The van der Waals surface area contributed by atoms with E-state index in [1.54, 1.807) is 0 Å². The molecule has 4 nitrogen and oxygen atoms in total. The summed E-state index contributed by atoms with van der Waals surface area (Å²) in [6.45, 7) is 11.8. The van der Waals surface area contributed by atoms with Crippen LogP contribution in [0.1, 0.15) is 18.9 Å². The third-order valence-electron chi connectivity index (χ3n) is 4.05. The number of hydrogen-bond acceptors (Lipinski definition) is 4. The van der Waals surface area contributed by atoms with Crippen LogP contribution in [0.3, 0.4) is 0 Å². The van der Waals surface area contributed by atoms with Crippen molar-refractivity contribution in [3.63, 3.8) is 0 Å². The quantitative estimate of drug-likeness (QED) is 0.861. The van der Waals surface area contributed by atoms with Crippen LogP contribution in [-0.2, 0) is 0 Å². The molecule has 2 rings (SSSR count). The van der Waals surface area contributed by atoms with E-state index in [0.717, 1.165) is 24.3 Å². The minimum absolute atomic E-state index is 0.628. The third-order valence-corrected chi connectivity index (χ3v) is 4.05. The van der Waals surface area contributed by atoms with Gasteiger partial charge in [-0.15, -0.1) is 0 Å². The van der Waals surface area contributed by atoms with Crippen molar-refractivity contribution in [3.8, 4) is 0 Å². The van der Waals surface area contributed by atoms with Gasteiger partial charge in [-0.1, -0.05) is 12.7 Å². The second-order valence-electron chi connectivity index (χ2n) is 5.58. The van der Waals surface area contributed by atoms with E-state index in [2.05, 4.69) is 40.7 Å². The lowest BCUT2D eigenvalue weighted by Crippen LogP contribution is -2.48. The number of aromatic nitrogens is 1. The molecule has 110 valence electrons. The molecule has 1 unspecified atom stereocenters. The molecular formula is C16H26N4. The van der Waals surface area contributed by atoms with Crippen molar-refractivity contribution >= 4 is 11.9 Å². The maximum absolute atomic E-state index is 4.37. The lowest BCUT2D eigenvalue weighted by Gasteiger charge is -2.36. The topological polar surface area (TPSA) is 31.4 Å². The molecule has 1 atom stereocenters. The maximum atomic E-state index is 4.37. The van der Waals surface area contributed by atoms with Crippen molar-refractivity contribution in [2.45, 2.75) is 19.4 Å². The van der Waals surface area contributed by atoms with Gasteiger partial charge in [0.05, 0.1) is 0 Å². The summed E-state index contributed by atoms with van der Waals surface area (Å²) in [6.07, 6.45) is 4.81. The van der Waals surface area contributed by atoms with E-state index in [1.807, 2.05) is 24.4 Å². The van der Waals surface area contributed by atoms with Crippen molar-refractivity contribution in [2.24, 2.45) is 0 Å². The molecule has 0 amide bonds. The van der Waals surface area contributed by atoms with Gasteiger partial charge in [-0.3, -0.25) is 4.90 Å².